The van der Waals surface area contributed by atoms with Crippen molar-refractivity contribution in [3.8, 4) is 0 Å². The lowest BCUT2D eigenvalue weighted by atomic mass is 9.42. The van der Waals surface area contributed by atoms with Gasteiger partial charge in [0, 0.05) is 86.3 Å². The number of aliphatic hydroxyl groups is 6. The average Bonchev–Trinajstić information content (AvgIpc) is 0.728. The number of Topliss-reactive ketones (excluding diaryl/α,β-unsaturated/α-hetero) is 1. The summed E-state index contributed by atoms with van der Waals surface area (Å²) in [6, 6.07) is 23.0. The van der Waals surface area contributed by atoms with Gasteiger partial charge in [-0.2, -0.15) is 0 Å². The van der Waals surface area contributed by atoms with E-state index in [1.54, 1.807) is 107 Å². The summed E-state index contributed by atoms with van der Waals surface area (Å²) >= 11 is 0. The van der Waals surface area contributed by atoms with Crippen LogP contribution in [0.25, 0.3) is 0 Å². The van der Waals surface area contributed by atoms with E-state index in [4.69, 9.17) is 33.2 Å². The number of nitrogens with one attached hydrogen (secondary N) is 2. The second kappa shape index (κ2) is 26.3. The smallest absolute Gasteiger partial charge is 0.350 e. The van der Waals surface area contributed by atoms with Crippen LogP contribution in [0.1, 0.15) is 125 Å². The summed E-state index contributed by atoms with van der Waals surface area (Å²) in [7, 11) is 0. The highest BCUT2D eigenvalue weighted by Gasteiger charge is 2.75. The van der Waals surface area contributed by atoms with Crippen LogP contribution in [0.5, 0.6) is 0 Å². The second-order valence-electron chi connectivity index (χ2n) is 23.5. The molecule has 8 rings (SSSR count). The van der Waals surface area contributed by atoms with E-state index in [9.17, 15) is 64.2 Å². The van der Waals surface area contributed by atoms with Crippen molar-refractivity contribution in [3.63, 3.8) is 0 Å². The highest BCUT2D eigenvalue weighted by molar-refractivity contribution is 5.96. The van der Waals surface area contributed by atoms with Crippen molar-refractivity contribution in [3.05, 3.63) is 119 Å². The third kappa shape index (κ3) is 13.2. The number of carbonyl (C=O) groups is 8. The van der Waals surface area contributed by atoms with Gasteiger partial charge < -0.3 is 74.4 Å². The van der Waals surface area contributed by atoms with E-state index in [2.05, 4.69) is 10.6 Å². The van der Waals surface area contributed by atoms with Crippen molar-refractivity contribution >= 4 is 47.4 Å². The Morgan fingerprint density at radius 1 is 0.741 bits per heavy atom. The maximum Gasteiger partial charge on any atom is 0.350 e. The van der Waals surface area contributed by atoms with E-state index >= 15 is 4.79 Å². The predicted molar refractivity (Wildman–Crippen MR) is 296 cm³/mol. The number of aliphatic hydroxyl groups excluding tert-OH is 5. The standard InChI is InChI=1S/C62H76N2O21/c1-33-41(30-62(78)39(27-40(68)36-17-10-7-11-18-36)55-60(6,29-42(80-34(2)66)49(33)59(62,4)5)44(69)28-45-61(55,32-79-45)85-35(3)67)81-58(77)53(50(37-19-12-8-13-20-37)64-56(75)38-21-14-9-15-22-38)83-48(72)25-24-46(70)63-26-16-23-47(71)84-54-51(73)43(31-65)82-57(76)52(54)74/h7-15,17-22,39,41-45,50-55,57,65,69,73-74,76,78H,16,23-32H2,1-6H3,(H,63,70)(H,64,75)/t39-,41?,42?,43?,44?,45?,50?,51?,52?,53?,54?,55?,57?,60+,61?,62?/m0/s1. The van der Waals surface area contributed by atoms with Gasteiger partial charge in [-0.05, 0) is 48.6 Å². The molecular formula is C62H76N2O21. The number of rotatable bonds is 21. The molecule has 4 fully saturated rings. The third-order valence-electron chi connectivity index (χ3n) is 17.8. The van der Waals surface area contributed by atoms with E-state index in [0.717, 1.165) is 0 Å². The second-order valence-corrected chi connectivity index (χ2v) is 23.5. The number of carbonyl (C=O) groups excluding carboxylic acids is 8. The van der Waals surface area contributed by atoms with Crippen molar-refractivity contribution in [2.24, 2.45) is 22.7 Å². The highest BCUT2D eigenvalue weighted by atomic mass is 16.7. The fourth-order valence-electron chi connectivity index (χ4n) is 13.6. The molecular weight excluding hydrogens is 1110 g/mol. The maximum atomic E-state index is 15.5. The first-order valence-electron chi connectivity index (χ1n) is 28.5. The fraction of sp³-hybridized carbons (Fsp3) is 0.548. The van der Waals surface area contributed by atoms with Gasteiger partial charge in [0.15, 0.2) is 23.8 Å². The Balaban J connectivity index is 1.12. The molecule has 2 bridgehead atoms. The topological polar surface area (TPSA) is 347 Å². The van der Waals surface area contributed by atoms with Crippen LogP contribution in [0, 0.1) is 22.7 Å². The summed E-state index contributed by atoms with van der Waals surface area (Å²) in [5.74, 6) is -8.69. The highest BCUT2D eigenvalue weighted by Crippen LogP contribution is 2.67. The van der Waals surface area contributed by atoms with Crippen LogP contribution < -0.4 is 10.6 Å². The van der Waals surface area contributed by atoms with Crippen molar-refractivity contribution in [1.29, 1.82) is 0 Å². The molecule has 2 amide bonds. The Hall–Kier alpha value is -6.96. The van der Waals surface area contributed by atoms with Gasteiger partial charge in [-0.3, -0.25) is 33.6 Å². The van der Waals surface area contributed by atoms with Crippen molar-refractivity contribution in [2.75, 3.05) is 19.8 Å². The lowest BCUT2D eigenvalue weighted by molar-refractivity contribution is -0.347. The Labute approximate surface area is 491 Å². The molecule has 3 aliphatic carbocycles. The Kier molecular flexibility index (Phi) is 19.8. The first kappa shape index (κ1) is 64.0. The molecule has 2 aliphatic heterocycles. The SMILES string of the molecule is CC(=O)OC1C[C@]2(C)C(O)CC3OCC3(OC(C)=O)C2[C@H](CC(=O)c2ccccc2)C2(O)CC(OC(=O)C(OC(=O)CCC(=O)NCCCC(=O)OC3C(O)C(O)OC(CO)C3O)C(NC(=O)c3ccccc3)c3ccccc3)C(C)=C1C2(C)C. The first-order chi connectivity index (χ1) is 40.3. The van der Waals surface area contributed by atoms with Crippen LogP contribution in [0.15, 0.2) is 102 Å². The lowest BCUT2D eigenvalue weighted by Crippen LogP contribution is -2.78. The summed E-state index contributed by atoms with van der Waals surface area (Å²) < 4.78 is 41.2. The van der Waals surface area contributed by atoms with Crippen molar-refractivity contribution in [1.82, 2.24) is 10.6 Å². The molecule has 460 valence electrons. The molecule has 5 aliphatic rings. The minimum atomic E-state index is -2.17. The molecule has 2 saturated carbocycles. The number of ketones is 1. The molecule has 3 aromatic carbocycles. The summed E-state index contributed by atoms with van der Waals surface area (Å²) in [6.07, 6.45) is -17.5. The molecule has 16 atom stereocenters. The Morgan fingerprint density at radius 3 is 1.98 bits per heavy atom. The summed E-state index contributed by atoms with van der Waals surface area (Å²) in [4.78, 5) is 111. The van der Waals surface area contributed by atoms with Crippen LogP contribution in [0.2, 0.25) is 0 Å². The normalized spacial score (nSPS) is 31.7. The fourth-order valence-corrected chi connectivity index (χ4v) is 13.6. The number of ether oxygens (including phenoxy) is 7. The lowest BCUT2D eigenvalue weighted by Gasteiger charge is -2.69. The summed E-state index contributed by atoms with van der Waals surface area (Å²) in [5.41, 5.74) is -5.11. The molecule has 14 unspecified atom stereocenters. The van der Waals surface area contributed by atoms with Gasteiger partial charge in [-0.15, -0.1) is 0 Å². The van der Waals surface area contributed by atoms with Gasteiger partial charge >= 0.3 is 29.8 Å². The van der Waals surface area contributed by atoms with Gasteiger partial charge in [0.25, 0.3) is 5.91 Å². The first-order valence-corrected chi connectivity index (χ1v) is 28.5. The zero-order chi connectivity index (χ0) is 61.8. The Bertz CT molecular complexity index is 2980. The molecule has 2 heterocycles. The third-order valence-corrected chi connectivity index (χ3v) is 17.8. The van der Waals surface area contributed by atoms with Crippen LogP contribution in [-0.2, 0) is 61.9 Å². The number of fused-ring (bicyclic) bond motifs is 5. The molecule has 23 nitrogen and oxygen atoms in total. The molecule has 2 saturated heterocycles. The molecule has 85 heavy (non-hydrogen) atoms. The van der Waals surface area contributed by atoms with E-state index in [0.29, 0.717) is 16.7 Å². The number of hydrogen-bond donors (Lipinski definition) is 8. The zero-order valence-corrected chi connectivity index (χ0v) is 48.3. The summed E-state index contributed by atoms with van der Waals surface area (Å²) in [6.45, 7) is 8.27. The van der Waals surface area contributed by atoms with E-state index in [1.165, 1.54) is 26.0 Å². The maximum absolute atomic E-state index is 15.5. The minimum Gasteiger partial charge on any atom is -0.458 e. The largest absolute Gasteiger partial charge is 0.458 e. The average molecular weight is 1190 g/mol. The van der Waals surface area contributed by atoms with Crippen molar-refractivity contribution < 1.29 is 102 Å². The zero-order valence-electron chi connectivity index (χ0n) is 48.3. The summed E-state index contributed by atoms with van der Waals surface area (Å²) in [5, 5.41) is 72.0. The molecule has 8 N–H and O–H groups in total. The number of esters is 5. The Morgan fingerprint density at radius 2 is 1.38 bits per heavy atom. The van der Waals surface area contributed by atoms with Crippen LogP contribution >= 0.6 is 0 Å². The van der Waals surface area contributed by atoms with Crippen LogP contribution in [0.3, 0.4) is 0 Å². The van der Waals surface area contributed by atoms with E-state index in [-0.39, 0.29) is 56.4 Å². The number of benzene rings is 3. The van der Waals surface area contributed by atoms with Crippen LogP contribution in [-0.4, -0.2) is 170 Å². The monoisotopic (exact) mass is 1180 g/mol. The van der Waals surface area contributed by atoms with E-state index < -0.39 is 174 Å². The van der Waals surface area contributed by atoms with E-state index in [1.807, 2.05) is 0 Å². The van der Waals surface area contributed by atoms with Gasteiger partial charge in [-0.25, -0.2) is 4.79 Å². The minimum absolute atomic E-state index is 0.00229. The van der Waals surface area contributed by atoms with Gasteiger partial charge in [0.05, 0.1) is 31.3 Å². The molecule has 0 radical (unpaired) electrons. The number of hydrogen-bond acceptors (Lipinski definition) is 21. The quantitative estimate of drug-likeness (QED) is 0.0250. The van der Waals surface area contributed by atoms with Gasteiger partial charge in [0.2, 0.25) is 12.0 Å². The number of amides is 2. The van der Waals surface area contributed by atoms with Gasteiger partial charge in [0.1, 0.15) is 42.7 Å². The van der Waals surface area contributed by atoms with Crippen molar-refractivity contribution in [2.45, 2.75) is 171 Å². The predicted octanol–water partition coefficient (Wildman–Crippen LogP) is 2.79. The molecule has 3 aromatic rings. The van der Waals surface area contributed by atoms with Gasteiger partial charge in [-0.1, -0.05) is 99.6 Å². The molecule has 0 spiro atoms. The molecule has 0 aromatic heterocycles. The molecule has 23 heteroatoms. The van der Waals surface area contributed by atoms with Crippen LogP contribution in [0.4, 0.5) is 0 Å².